The summed E-state index contributed by atoms with van der Waals surface area (Å²) in [5, 5.41) is 12.0. The maximum atomic E-state index is 14.0. The number of halogens is 1. The SMILES string of the molecule is CC#CCn1c(N2CCC[C@H](N)C2)c(C#N)c2c1c(=O)n(Cc1nccc3ccccc13)c(=O)n2C.Cl. The molecule has 1 saturated heterocycles. The summed E-state index contributed by atoms with van der Waals surface area (Å²) >= 11 is 0. The van der Waals surface area contributed by atoms with E-state index in [0.29, 0.717) is 35.7 Å². The molecule has 190 valence electrons. The van der Waals surface area contributed by atoms with E-state index in [1.807, 2.05) is 35.2 Å². The Morgan fingerprint density at radius 2 is 1.95 bits per heavy atom. The number of rotatable bonds is 4. The molecule has 0 amide bonds. The Labute approximate surface area is 220 Å². The zero-order chi connectivity index (χ0) is 25.4. The molecule has 3 aromatic heterocycles. The highest BCUT2D eigenvalue weighted by Crippen LogP contribution is 2.32. The van der Waals surface area contributed by atoms with Crippen LogP contribution in [0.1, 0.15) is 31.0 Å². The number of benzene rings is 1. The molecular formula is C27H28ClN7O2. The molecule has 0 spiro atoms. The summed E-state index contributed by atoms with van der Waals surface area (Å²) in [7, 11) is 1.60. The number of aromatic nitrogens is 4. The van der Waals surface area contributed by atoms with E-state index in [-0.39, 0.29) is 37.1 Å². The van der Waals surface area contributed by atoms with Crippen LogP contribution in [0.15, 0.2) is 46.1 Å². The molecule has 0 radical (unpaired) electrons. The fourth-order valence-corrected chi connectivity index (χ4v) is 5.17. The van der Waals surface area contributed by atoms with Crippen LogP contribution in [-0.4, -0.2) is 37.8 Å². The highest BCUT2D eigenvalue weighted by molar-refractivity contribution is 5.90. The van der Waals surface area contributed by atoms with Crippen molar-refractivity contribution in [3.8, 4) is 17.9 Å². The number of anilines is 1. The standard InChI is InChI=1S/C27H27N7O2.ClH/c1-3-4-14-33-24-23(21(15-28)25(33)32-13-7-9-19(29)16-32)31(2)27(36)34(26(24)35)17-22-20-10-6-5-8-18(20)11-12-30-22;/h5-6,8,10-12,19H,7,9,13-14,16-17,29H2,1-2H3;1H/t19-;/m0./s1. The van der Waals surface area contributed by atoms with Crippen molar-refractivity contribution in [2.24, 2.45) is 12.8 Å². The Balaban J connectivity index is 0.00000320. The molecule has 1 fully saturated rings. The fourth-order valence-electron chi connectivity index (χ4n) is 5.17. The molecule has 1 atom stereocenters. The van der Waals surface area contributed by atoms with Gasteiger partial charge in [-0.1, -0.05) is 30.2 Å². The van der Waals surface area contributed by atoms with Crippen LogP contribution in [0.2, 0.25) is 0 Å². The molecule has 4 heterocycles. The van der Waals surface area contributed by atoms with E-state index in [0.717, 1.165) is 23.6 Å². The van der Waals surface area contributed by atoms with Gasteiger partial charge in [-0.15, -0.1) is 18.3 Å². The average Bonchev–Trinajstić information content (AvgIpc) is 3.23. The third-order valence-electron chi connectivity index (χ3n) is 6.86. The smallest absolute Gasteiger partial charge is 0.331 e. The van der Waals surface area contributed by atoms with Crippen LogP contribution in [0.25, 0.3) is 21.8 Å². The van der Waals surface area contributed by atoms with Crippen LogP contribution < -0.4 is 21.9 Å². The summed E-state index contributed by atoms with van der Waals surface area (Å²) in [5.41, 5.74) is 6.81. The number of pyridine rings is 1. The molecule has 0 bridgehead atoms. The van der Waals surface area contributed by atoms with Crippen molar-refractivity contribution in [1.29, 1.82) is 5.26 Å². The predicted molar refractivity (Wildman–Crippen MR) is 147 cm³/mol. The van der Waals surface area contributed by atoms with Crippen molar-refractivity contribution in [3.63, 3.8) is 0 Å². The quantitative estimate of drug-likeness (QED) is 0.415. The minimum atomic E-state index is -0.501. The molecule has 9 nitrogen and oxygen atoms in total. The summed E-state index contributed by atoms with van der Waals surface area (Å²) < 4.78 is 4.36. The maximum Gasteiger partial charge on any atom is 0.331 e. The number of hydrogen-bond acceptors (Lipinski definition) is 6. The molecule has 10 heteroatoms. The number of fused-ring (bicyclic) bond motifs is 2. The molecular weight excluding hydrogens is 490 g/mol. The van der Waals surface area contributed by atoms with Crippen molar-refractivity contribution < 1.29 is 0 Å². The Hall–Kier alpha value is -4.05. The van der Waals surface area contributed by atoms with Crippen molar-refractivity contribution in [3.05, 3.63) is 68.6 Å². The highest BCUT2D eigenvalue weighted by Gasteiger charge is 2.29. The van der Waals surface area contributed by atoms with Gasteiger partial charge in [-0.25, -0.2) is 4.79 Å². The van der Waals surface area contributed by atoms with Crippen LogP contribution >= 0.6 is 12.4 Å². The predicted octanol–water partition coefficient (Wildman–Crippen LogP) is 2.34. The first kappa shape index (κ1) is 26.0. The van der Waals surface area contributed by atoms with Crippen LogP contribution in [-0.2, 0) is 20.1 Å². The Bertz CT molecular complexity index is 1710. The van der Waals surface area contributed by atoms with E-state index in [9.17, 15) is 14.9 Å². The zero-order valence-electron chi connectivity index (χ0n) is 20.8. The minimum Gasteiger partial charge on any atom is -0.355 e. The molecule has 4 aromatic rings. The molecule has 1 aliphatic heterocycles. The van der Waals surface area contributed by atoms with E-state index in [1.54, 1.807) is 24.7 Å². The van der Waals surface area contributed by atoms with Gasteiger partial charge in [-0.2, -0.15) is 5.26 Å². The van der Waals surface area contributed by atoms with Gasteiger partial charge in [0.1, 0.15) is 23.0 Å². The van der Waals surface area contributed by atoms with Gasteiger partial charge in [0.05, 0.1) is 24.3 Å². The molecule has 1 aromatic carbocycles. The molecule has 2 N–H and O–H groups in total. The van der Waals surface area contributed by atoms with Crippen molar-refractivity contribution in [2.75, 3.05) is 18.0 Å². The molecule has 5 rings (SSSR count). The van der Waals surface area contributed by atoms with Gasteiger partial charge in [0.2, 0.25) is 0 Å². The van der Waals surface area contributed by atoms with E-state index < -0.39 is 11.2 Å². The monoisotopic (exact) mass is 517 g/mol. The molecule has 0 saturated carbocycles. The lowest BCUT2D eigenvalue weighted by Gasteiger charge is -2.33. The Kier molecular flexibility index (Phi) is 7.40. The molecule has 1 aliphatic rings. The second kappa shape index (κ2) is 10.5. The van der Waals surface area contributed by atoms with Crippen molar-refractivity contribution >= 4 is 40.0 Å². The summed E-state index contributed by atoms with van der Waals surface area (Å²) in [6.45, 7) is 3.23. The Morgan fingerprint density at radius 1 is 1.16 bits per heavy atom. The third-order valence-corrected chi connectivity index (χ3v) is 6.86. The average molecular weight is 518 g/mol. The lowest BCUT2D eigenvalue weighted by atomic mass is 10.1. The molecule has 0 unspecified atom stereocenters. The van der Waals surface area contributed by atoms with Crippen LogP contribution in [0.5, 0.6) is 0 Å². The normalized spacial score (nSPS) is 15.2. The Morgan fingerprint density at radius 3 is 2.68 bits per heavy atom. The van der Waals surface area contributed by atoms with Crippen LogP contribution in [0.4, 0.5) is 5.82 Å². The summed E-state index contributed by atoms with van der Waals surface area (Å²) in [4.78, 5) is 34.0. The summed E-state index contributed by atoms with van der Waals surface area (Å²) in [6, 6.07) is 11.9. The lowest BCUT2D eigenvalue weighted by molar-refractivity contribution is 0.499. The van der Waals surface area contributed by atoms with Gasteiger partial charge in [0.15, 0.2) is 0 Å². The minimum absolute atomic E-state index is 0. The van der Waals surface area contributed by atoms with Gasteiger partial charge >= 0.3 is 5.69 Å². The summed E-state index contributed by atoms with van der Waals surface area (Å²) in [5.74, 6) is 6.52. The largest absolute Gasteiger partial charge is 0.355 e. The number of nitrogens with zero attached hydrogens (tertiary/aromatic N) is 6. The first-order chi connectivity index (χ1) is 17.5. The maximum absolute atomic E-state index is 14.0. The van der Waals surface area contributed by atoms with Crippen molar-refractivity contribution in [1.82, 2.24) is 18.7 Å². The van der Waals surface area contributed by atoms with Gasteiger partial charge in [-0.05, 0) is 31.2 Å². The number of aryl methyl sites for hydroxylation is 1. The lowest BCUT2D eigenvalue weighted by Crippen LogP contribution is -2.44. The third kappa shape index (κ3) is 4.37. The number of nitriles is 1. The second-order valence-electron chi connectivity index (χ2n) is 9.08. The molecule has 0 aliphatic carbocycles. The fraction of sp³-hybridized carbons (Fsp3) is 0.333. The first-order valence-electron chi connectivity index (χ1n) is 11.9. The van der Waals surface area contributed by atoms with E-state index >= 15 is 0 Å². The van der Waals surface area contributed by atoms with Crippen LogP contribution in [0.3, 0.4) is 0 Å². The van der Waals surface area contributed by atoms with Gasteiger partial charge in [-0.3, -0.25) is 18.9 Å². The number of hydrogen-bond donors (Lipinski definition) is 1. The van der Waals surface area contributed by atoms with Crippen LogP contribution in [0, 0.1) is 23.2 Å². The highest BCUT2D eigenvalue weighted by atomic mass is 35.5. The van der Waals surface area contributed by atoms with Gasteiger partial charge < -0.3 is 15.2 Å². The number of piperidine rings is 1. The first-order valence-corrected chi connectivity index (χ1v) is 11.9. The van der Waals surface area contributed by atoms with E-state index in [2.05, 4.69) is 22.9 Å². The van der Waals surface area contributed by atoms with Gasteiger partial charge in [0, 0.05) is 37.8 Å². The zero-order valence-corrected chi connectivity index (χ0v) is 21.6. The topological polar surface area (TPSA) is 115 Å². The number of nitrogens with two attached hydrogens (primary N) is 1. The second-order valence-corrected chi connectivity index (χ2v) is 9.08. The van der Waals surface area contributed by atoms with E-state index in [4.69, 9.17) is 5.73 Å². The van der Waals surface area contributed by atoms with E-state index in [1.165, 1.54) is 9.13 Å². The summed E-state index contributed by atoms with van der Waals surface area (Å²) in [6.07, 6.45) is 3.45. The van der Waals surface area contributed by atoms with Gasteiger partial charge in [0.25, 0.3) is 5.56 Å². The van der Waals surface area contributed by atoms with Crippen molar-refractivity contribution in [2.45, 2.75) is 38.9 Å². The molecule has 37 heavy (non-hydrogen) atoms.